The highest BCUT2D eigenvalue weighted by atomic mass is 16.5. The minimum absolute atomic E-state index is 0.241. The second kappa shape index (κ2) is 4.94. The number of nitrogens with one attached hydrogen (secondary N) is 1. The molecule has 2 heterocycles. The maximum Gasteiger partial charge on any atom is 0.257 e. The first kappa shape index (κ1) is 11.5. The van der Waals surface area contributed by atoms with E-state index in [-0.39, 0.29) is 5.88 Å². The summed E-state index contributed by atoms with van der Waals surface area (Å²) in [6.07, 6.45) is 3.63. The molecule has 0 unspecified atom stereocenters. The van der Waals surface area contributed by atoms with E-state index in [1.165, 1.54) is 11.8 Å². The number of nitrogens with zero attached hydrogens (tertiary/aromatic N) is 3. The fraction of sp³-hybridized carbons (Fsp3) is 0.214. The van der Waals surface area contributed by atoms with Crippen LogP contribution in [0.1, 0.15) is 17.5 Å². The molecule has 0 amide bonds. The first-order chi connectivity index (χ1) is 9.38. The number of hydrogen-bond donors (Lipinski definition) is 1. The lowest BCUT2D eigenvalue weighted by Gasteiger charge is -2.20. The molecule has 0 radical (unpaired) electrons. The van der Waals surface area contributed by atoms with E-state index in [0.29, 0.717) is 11.3 Å². The minimum atomic E-state index is 0.241. The molecule has 0 saturated heterocycles. The third-order valence-corrected chi connectivity index (χ3v) is 3.05. The quantitative estimate of drug-likeness (QED) is 0.889. The lowest BCUT2D eigenvalue weighted by Crippen LogP contribution is -2.12. The smallest absolute Gasteiger partial charge is 0.257 e. The van der Waals surface area contributed by atoms with Crippen LogP contribution >= 0.6 is 0 Å². The van der Waals surface area contributed by atoms with Crippen molar-refractivity contribution in [3.63, 3.8) is 0 Å². The molecule has 0 aliphatic carbocycles. The van der Waals surface area contributed by atoms with Crippen molar-refractivity contribution < 1.29 is 4.74 Å². The Morgan fingerprint density at radius 2 is 2.26 bits per heavy atom. The fourth-order valence-corrected chi connectivity index (χ4v) is 2.15. The van der Waals surface area contributed by atoms with Gasteiger partial charge < -0.3 is 10.1 Å². The predicted octanol–water partition coefficient (Wildman–Crippen LogP) is 2.50. The zero-order chi connectivity index (χ0) is 13.1. The molecule has 1 aromatic carbocycles. The highest BCUT2D eigenvalue weighted by Gasteiger charge is 2.15. The van der Waals surface area contributed by atoms with Crippen LogP contribution < -0.4 is 10.1 Å². The normalized spacial score (nSPS) is 13.0. The number of para-hydroxylation sites is 1. The van der Waals surface area contributed by atoms with E-state index in [1.54, 1.807) is 6.07 Å². The van der Waals surface area contributed by atoms with Gasteiger partial charge in [-0.15, -0.1) is 5.10 Å². The summed E-state index contributed by atoms with van der Waals surface area (Å²) in [6, 6.07) is 9.53. The van der Waals surface area contributed by atoms with Gasteiger partial charge in [0.25, 0.3) is 5.88 Å². The predicted molar refractivity (Wildman–Crippen MR) is 70.1 cm³/mol. The molecule has 19 heavy (non-hydrogen) atoms. The van der Waals surface area contributed by atoms with Crippen LogP contribution in [0, 0.1) is 11.3 Å². The highest BCUT2D eigenvalue weighted by molar-refractivity contribution is 5.64. The van der Waals surface area contributed by atoms with Crippen molar-refractivity contribution in [3.8, 4) is 17.7 Å². The topological polar surface area (TPSA) is 70.8 Å². The Balaban J connectivity index is 1.98. The number of aryl methyl sites for hydroxylation is 1. The van der Waals surface area contributed by atoms with Gasteiger partial charge in [-0.25, -0.2) is 0 Å². The second-order valence-electron chi connectivity index (χ2n) is 4.28. The SMILES string of the molecule is N#Cc1ccnnc1Oc1cccc2c1NCCC2. The Kier molecular flexibility index (Phi) is 2.99. The van der Waals surface area contributed by atoms with Crippen LogP contribution in [0.15, 0.2) is 30.5 Å². The molecule has 2 aromatic rings. The average Bonchev–Trinajstić information content (AvgIpc) is 2.48. The summed E-state index contributed by atoms with van der Waals surface area (Å²) in [5.41, 5.74) is 2.60. The molecule has 0 saturated carbocycles. The van der Waals surface area contributed by atoms with Gasteiger partial charge >= 0.3 is 0 Å². The summed E-state index contributed by atoms with van der Waals surface area (Å²) < 4.78 is 5.74. The number of ether oxygens (including phenoxy) is 1. The van der Waals surface area contributed by atoms with E-state index in [9.17, 15) is 0 Å². The van der Waals surface area contributed by atoms with Gasteiger partial charge in [0.1, 0.15) is 11.6 Å². The van der Waals surface area contributed by atoms with Crippen LogP contribution in [-0.4, -0.2) is 16.7 Å². The van der Waals surface area contributed by atoms with Gasteiger partial charge in [-0.05, 0) is 30.5 Å². The second-order valence-corrected chi connectivity index (χ2v) is 4.28. The van der Waals surface area contributed by atoms with E-state index in [2.05, 4.69) is 21.6 Å². The van der Waals surface area contributed by atoms with E-state index < -0.39 is 0 Å². The molecular formula is C14H12N4O. The van der Waals surface area contributed by atoms with E-state index in [1.807, 2.05) is 18.2 Å². The highest BCUT2D eigenvalue weighted by Crippen LogP contribution is 2.35. The zero-order valence-corrected chi connectivity index (χ0v) is 10.3. The first-order valence-electron chi connectivity index (χ1n) is 6.14. The van der Waals surface area contributed by atoms with E-state index in [4.69, 9.17) is 10.00 Å². The van der Waals surface area contributed by atoms with Gasteiger partial charge in [0, 0.05) is 6.54 Å². The number of nitriles is 1. The molecule has 0 bridgehead atoms. The van der Waals surface area contributed by atoms with Crippen molar-refractivity contribution in [1.29, 1.82) is 5.26 Å². The third-order valence-electron chi connectivity index (χ3n) is 3.05. The Bertz CT molecular complexity index is 648. The summed E-state index contributed by atoms with van der Waals surface area (Å²) in [4.78, 5) is 0. The Morgan fingerprint density at radius 3 is 3.16 bits per heavy atom. The summed E-state index contributed by atoms with van der Waals surface area (Å²) in [5.74, 6) is 0.931. The molecule has 5 heteroatoms. The maximum absolute atomic E-state index is 9.02. The molecular weight excluding hydrogens is 240 g/mol. The van der Waals surface area contributed by atoms with Crippen LogP contribution in [0.5, 0.6) is 11.6 Å². The molecule has 1 N–H and O–H groups in total. The number of rotatable bonds is 2. The molecule has 1 aliphatic rings. The number of fused-ring (bicyclic) bond motifs is 1. The standard InChI is InChI=1S/C14H12N4O/c15-9-11-6-8-17-18-14(11)19-12-5-1-3-10-4-2-7-16-13(10)12/h1,3,5-6,8,16H,2,4,7H2. The van der Waals surface area contributed by atoms with Crippen LogP contribution in [0.4, 0.5) is 5.69 Å². The minimum Gasteiger partial charge on any atom is -0.434 e. The molecule has 1 aromatic heterocycles. The molecule has 3 rings (SSSR count). The van der Waals surface area contributed by atoms with Crippen LogP contribution in [0.3, 0.4) is 0 Å². The summed E-state index contributed by atoms with van der Waals surface area (Å²) in [5, 5.41) is 20.0. The molecule has 0 fully saturated rings. The van der Waals surface area contributed by atoms with Crippen molar-refractivity contribution in [2.75, 3.05) is 11.9 Å². The lowest BCUT2D eigenvalue weighted by molar-refractivity contribution is 0.453. The van der Waals surface area contributed by atoms with Crippen molar-refractivity contribution >= 4 is 5.69 Å². The monoisotopic (exact) mass is 252 g/mol. The van der Waals surface area contributed by atoms with Gasteiger partial charge in [0.2, 0.25) is 0 Å². The van der Waals surface area contributed by atoms with Crippen molar-refractivity contribution in [3.05, 3.63) is 41.6 Å². The summed E-state index contributed by atoms with van der Waals surface area (Å²) in [6.45, 7) is 0.930. The first-order valence-corrected chi connectivity index (χ1v) is 6.14. The fourth-order valence-electron chi connectivity index (χ4n) is 2.15. The molecule has 0 spiro atoms. The van der Waals surface area contributed by atoms with Gasteiger partial charge in [-0.2, -0.15) is 10.4 Å². The molecule has 94 valence electrons. The molecule has 5 nitrogen and oxygen atoms in total. The van der Waals surface area contributed by atoms with Crippen LogP contribution in [0.25, 0.3) is 0 Å². The maximum atomic E-state index is 9.02. The van der Waals surface area contributed by atoms with Gasteiger partial charge in [-0.3, -0.25) is 0 Å². The number of benzene rings is 1. The number of hydrogen-bond acceptors (Lipinski definition) is 5. The van der Waals surface area contributed by atoms with Crippen LogP contribution in [-0.2, 0) is 6.42 Å². The average molecular weight is 252 g/mol. The Labute approximate surface area is 110 Å². The van der Waals surface area contributed by atoms with E-state index >= 15 is 0 Å². The van der Waals surface area contributed by atoms with Crippen LogP contribution in [0.2, 0.25) is 0 Å². The van der Waals surface area contributed by atoms with Gasteiger partial charge in [0.15, 0.2) is 5.75 Å². The third kappa shape index (κ3) is 2.20. The Morgan fingerprint density at radius 1 is 1.32 bits per heavy atom. The zero-order valence-electron chi connectivity index (χ0n) is 10.3. The molecule has 1 aliphatic heterocycles. The summed E-state index contributed by atoms with van der Waals surface area (Å²) in [7, 11) is 0. The Hall–Kier alpha value is -2.61. The lowest BCUT2D eigenvalue weighted by atomic mass is 10.0. The van der Waals surface area contributed by atoms with Crippen molar-refractivity contribution in [1.82, 2.24) is 10.2 Å². The largest absolute Gasteiger partial charge is 0.434 e. The van der Waals surface area contributed by atoms with Crippen molar-refractivity contribution in [2.45, 2.75) is 12.8 Å². The molecule has 0 atom stereocenters. The van der Waals surface area contributed by atoms with Crippen molar-refractivity contribution in [2.24, 2.45) is 0 Å². The summed E-state index contributed by atoms with van der Waals surface area (Å²) >= 11 is 0. The van der Waals surface area contributed by atoms with Gasteiger partial charge in [0.05, 0.1) is 11.9 Å². The number of anilines is 1. The van der Waals surface area contributed by atoms with Gasteiger partial charge in [-0.1, -0.05) is 12.1 Å². The van der Waals surface area contributed by atoms with E-state index in [0.717, 1.165) is 25.1 Å². The number of aromatic nitrogens is 2.